The highest BCUT2D eigenvalue weighted by Gasteiger charge is 2.45. The molecule has 1 fully saturated rings. The number of carbonyl (C=O) groups excluding carboxylic acids is 1. The van der Waals surface area contributed by atoms with E-state index in [4.69, 9.17) is 34.7 Å². The lowest BCUT2D eigenvalue weighted by molar-refractivity contribution is -0.119. The monoisotopic (exact) mass is 349 g/mol. The van der Waals surface area contributed by atoms with Crippen molar-refractivity contribution in [1.82, 2.24) is 0 Å². The van der Waals surface area contributed by atoms with Gasteiger partial charge in [0, 0.05) is 17.2 Å². The van der Waals surface area contributed by atoms with Gasteiger partial charge in [-0.2, -0.15) is 4.99 Å². The fourth-order valence-electron chi connectivity index (χ4n) is 2.15. The number of carbonyl (C=O) groups is 1. The van der Waals surface area contributed by atoms with Crippen LogP contribution >= 0.6 is 23.2 Å². The molecular formula is C12H13Cl2N3O3S. The van der Waals surface area contributed by atoms with Gasteiger partial charge in [0.2, 0.25) is 0 Å². The van der Waals surface area contributed by atoms with Gasteiger partial charge in [0.1, 0.15) is 0 Å². The second-order valence-electron chi connectivity index (χ2n) is 4.90. The summed E-state index contributed by atoms with van der Waals surface area (Å²) in [5, 5.41) is 0.335. The first-order chi connectivity index (χ1) is 9.61. The minimum atomic E-state index is -3.51. The molecule has 1 amide bonds. The van der Waals surface area contributed by atoms with Gasteiger partial charge in [0.25, 0.3) is 5.91 Å². The smallest absolute Gasteiger partial charge is 0.252 e. The lowest BCUT2D eigenvalue weighted by Crippen LogP contribution is -2.24. The van der Waals surface area contributed by atoms with Crippen molar-refractivity contribution >= 4 is 44.9 Å². The van der Waals surface area contributed by atoms with E-state index in [9.17, 15) is 13.2 Å². The van der Waals surface area contributed by atoms with Crippen LogP contribution in [-0.2, 0) is 14.6 Å². The van der Waals surface area contributed by atoms with Crippen molar-refractivity contribution in [3.05, 3.63) is 27.7 Å². The normalized spacial score (nSPS) is 20.9. The van der Waals surface area contributed by atoms with Gasteiger partial charge in [-0.25, -0.2) is 8.42 Å². The van der Waals surface area contributed by atoms with Crippen molar-refractivity contribution in [2.75, 3.05) is 6.26 Å². The van der Waals surface area contributed by atoms with Crippen molar-refractivity contribution in [3.63, 3.8) is 0 Å². The predicted molar refractivity (Wildman–Crippen MR) is 81.2 cm³/mol. The van der Waals surface area contributed by atoms with Crippen LogP contribution in [-0.4, -0.2) is 26.5 Å². The summed E-state index contributed by atoms with van der Waals surface area (Å²) < 4.78 is 23.4. The topological polar surface area (TPSA) is 116 Å². The van der Waals surface area contributed by atoms with E-state index in [1.54, 1.807) is 6.07 Å². The van der Waals surface area contributed by atoms with Gasteiger partial charge < -0.3 is 11.5 Å². The maximum absolute atomic E-state index is 11.7. The Morgan fingerprint density at radius 3 is 2.48 bits per heavy atom. The Morgan fingerprint density at radius 2 is 1.95 bits per heavy atom. The van der Waals surface area contributed by atoms with Crippen LogP contribution in [0.25, 0.3) is 0 Å². The summed E-state index contributed by atoms with van der Waals surface area (Å²) in [6.45, 7) is 0. The van der Waals surface area contributed by atoms with Gasteiger partial charge in [-0.3, -0.25) is 4.79 Å². The summed E-state index contributed by atoms with van der Waals surface area (Å²) in [6, 6.07) is 2.85. The molecule has 21 heavy (non-hydrogen) atoms. The van der Waals surface area contributed by atoms with E-state index < -0.39 is 21.7 Å². The number of rotatable bonds is 3. The first-order valence-corrected chi connectivity index (χ1v) is 8.58. The van der Waals surface area contributed by atoms with E-state index >= 15 is 0 Å². The average Bonchev–Trinajstić information content (AvgIpc) is 3.09. The van der Waals surface area contributed by atoms with Crippen LogP contribution in [0.4, 0.5) is 0 Å². The Morgan fingerprint density at radius 1 is 1.33 bits per heavy atom. The molecule has 1 aliphatic rings. The first kappa shape index (κ1) is 16.1. The second-order valence-corrected chi connectivity index (χ2v) is 7.70. The second kappa shape index (κ2) is 5.47. The molecule has 2 rings (SSSR count). The average molecular weight is 350 g/mol. The largest absolute Gasteiger partial charge is 0.370 e. The number of nitrogens with two attached hydrogens (primary N) is 2. The zero-order chi connectivity index (χ0) is 15.9. The third-order valence-electron chi connectivity index (χ3n) is 3.18. The summed E-state index contributed by atoms with van der Waals surface area (Å²) in [6.07, 6.45) is 1.54. The predicted octanol–water partition coefficient (Wildman–Crippen LogP) is 1.30. The fraction of sp³-hybridized carbons (Fsp3) is 0.333. The minimum Gasteiger partial charge on any atom is -0.370 e. The van der Waals surface area contributed by atoms with Gasteiger partial charge in [0.15, 0.2) is 15.8 Å². The number of guanidine groups is 1. The van der Waals surface area contributed by atoms with Gasteiger partial charge in [-0.05, 0) is 30.0 Å². The number of benzene rings is 1. The molecule has 2 atom stereocenters. The highest BCUT2D eigenvalue weighted by atomic mass is 35.5. The Kier molecular flexibility index (Phi) is 4.19. The maximum atomic E-state index is 11.7. The van der Waals surface area contributed by atoms with Crippen molar-refractivity contribution in [3.8, 4) is 0 Å². The van der Waals surface area contributed by atoms with Crippen LogP contribution in [0.3, 0.4) is 0 Å². The molecule has 0 spiro atoms. The zero-order valence-corrected chi connectivity index (χ0v) is 13.3. The molecular weight excluding hydrogens is 337 g/mol. The third-order valence-corrected chi connectivity index (χ3v) is 5.05. The Hall–Kier alpha value is -1.31. The van der Waals surface area contributed by atoms with Crippen molar-refractivity contribution in [2.24, 2.45) is 22.4 Å². The Bertz CT molecular complexity index is 742. The van der Waals surface area contributed by atoms with E-state index in [0.29, 0.717) is 12.0 Å². The van der Waals surface area contributed by atoms with Crippen LogP contribution < -0.4 is 11.5 Å². The molecule has 0 heterocycles. The molecule has 0 bridgehead atoms. The molecule has 2 unspecified atom stereocenters. The van der Waals surface area contributed by atoms with Gasteiger partial charge >= 0.3 is 0 Å². The van der Waals surface area contributed by atoms with Crippen LogP contribution in [0.15, 0.2) is 22.0 Å². The number of halogens is 2. The van der Waals surface area contributed by atoms with Crippen LogP contribution in [0.5, 0.6) is 0 Å². The van der Waals surface area contributed by atoms with Crippen LogP contribution in [0, 0.1) is 5.92 Å². The summed E-state index contributed by atoms with van der Waals surface area (Å²) in [4.78, 5) is 15.2. The highest BCUT2D eigenvalue weighted by molar-refractivity contribution is 7.90. The molecule has 4 N–H and O–H groups in total. The van der Waals surface area contributed by atoms with E-state index in [1.165, 1.54) is 6.07 Å². The number of sulfone groups is 1. The zero-order valence-electron chi connectivity index (χ0n) is 11.0. The van der Waals surface area contributed by atoms with E-state index in [2.05, 4.69) is 4.99 Å². The number of amides is 1. The molecule has 0 radical (unpaired) electrons. The van der Waals surface area contributed by atoms with Crippen LogP contribution in [0.1, 0.15) is 17.9 Å². The summed E-state index contributed by atoms with van der Waals surface area (Å²) in [5.41, 5.74) is 10.8. The molecule has 0 aliphatic heterocycles. The van der Waals surface area contributed by atoms with Gasteiger partial charge in [0.05, 0.1) is 9.92 Å². The minimum absolute atomic E-state index is 0.0494. The molecule has 1 saturated carbocycles. The molecule has 1 aromatic rings. The van der Waals surface area contributed by atoms with Gasteiger partial charge in [-0.1, -0.05) is 23.2 Å². The number of hydrogen-bond donors (Lipinski definition) is 2. The number of nitrogens with zero attached hydrogens (tertiary/aromatic N) is 1. The highest BCUT2D eigenvalue weighted by Crippen LogP contribution is 2.51. The molecule has 0 saturated heterocycles. The van der Waals surface area contributed by atoms with Crippen molar-refractivity contribution in [2.45, 2.75) is 17.2 Å². The Balaban J connectivity index is 2.38. The first-order valence-electron chi connectivity index (χ1n) is 5.93. The van der Waals surface area contributed by atoms with Crippen LogP contribution in [0.2, 0.25) is 10.0 Å². The number of aliphatic imine (C=N–C) groups is 1. The summed E-state index contributed by atoms with van der Waals surface area (Å²) in [7, 11) is -3.51. The third kappa shape index (κ3) is 3.48. The summed E-state index contributed by atoms with van der Waals surface area (Å²) >= 11 is 12.1. The SMILES string of the molecule is CS(=O)(=O)c1cc(Cl)cc(C2CC2C(=O)N=C(N)N)c1Cl. The molecule has 114 valence electrons. The summed E-state index contributed by atoms with van der Waals surface area (Å²) in [5.74, 6) is -1.39. The molecule has 0 aromatic heterocycles. The standard InChI is InChI=1S/C12H13Cl2N3O3S/c1-21(19,20)9-3-5(13)2-7(10(9)14)6-4-8(6)11(18)17-12(15)16/h2-3,6,8H,4H2,1H3,(H4,15,16,17,18). The van der Waals surface area contributed by atoms with E-state index in [0.717, 1.165) is 6.26 Å². The van der Waals surface area contributed by atoms with Gasteiger partial charge in [-0.15, -0.1) is 0 Å². The maximum Gasteiger partial charge on any atom is 0.252 e. The molecule has 1 aromatic carbocycles. The molecule has 6 nitrogen and oxygen atoms in total. The van der Waals surface area contributed by atoms with Crippen molar-refractivity contribution in [1.29, 1.82) is 0 Å². The van der Waals surface area contributed by atoms with E-state index in [-0.39, 0.29) is 26.8 Å². The number of hydrogen-bond acceptors (Lipinski definition) is 3. The molecule has 1 aliphatic carbocycles. The lowest BCUT2D eigenvalue weighted by Gasteiger charge is -2.09. The quantitative estimate of drug-likeness (QED) is 0.630. The molecule has 9 heteroatoms. The fourth-order valence-corrected chi connectivity index (χ4v) is 3.89. The lowest BCUT2D eigenvalue weighted by atomic mass is 10.1. The van der Waals surface area contributed by atoms with Crippen molar-refractivity contribution < 1.29 is 13.2 Å². The Labute approximate surface area is 132 Å². The van der Waals surface area contributed by atoms with E-state index in [1.807, 2.05) is 0 Å².